The summed E-state index contributed by atoms with van der Waals surface area (Å²) in [5.74, 6) is 1.55. The first-order chi connectivity index (χ1) is 13.1. The van der Waals surface area contributed by atoms with E-state index in [1.54, 1.807) is 7.11 Å². The van der Waals surface area contributed by atoms with Crippen molar-refractivity contribution in [2.45, 2.75) is 51.0 Å². The molecule has 0 aliphatic rings. The molecule has 0 fully saturated rings. The molecule has 0 saturated carbocycles. The number of unbranched alkanes of at least 4 members (excludes halogenated alkanes) is 1. The number of methoxy groups -OCH3 is 1. The van der Waals surface area contributed by atoms with Gasteiger partial charge in [-0.3, -0.25) is 0 Å². The number of para-hydroxylation sites is 1. The SMILES string of the molecule is CC[C@](N)(CO)CCc1cccc(OC)c1OCCCCc1ccccc1. The molecule has 0 bridgehead atoms. The molecule has 0 aliphatic carbocycles. The summed E-state index contributed by atoms with van der Waals surface area (Å²) in [6, 6.07) is 16.5. The number of hydrogen-bond acceptors (Lipinski definition) is 4. The third-order valence-corrected chi connectivity index (χ3v) is 5.14. The van der Waals surface area contributed by atoms with Crippen LogP contribution in [0.4, 0.5) is 0 Å². The second-order valence-electron chi connectivity index (χ2n) is 7.11. The molecule has 3 N–H and O–H groups in total. The van der Waals surface area contributed by atoms with E-state index >= 15 is 0 Å². The number of hydrogen-bond donors (Lipinski definition) is 2. The van der Waals surface area contributed by atoms with Crippen molar-refractivity contribution in [3.63, 3.8) is 0 Å². The minimum Gasteiger partial charge on any atom is -0.493 e. The van der Waals surface area contributed by atoms with Crippen LogP contribution in [-0.4, -0.2) is 31.0 Å². The van der Waals surface area contributed by atoms with E-state index in [2.05, 4.69) is 30.3 Å². The molecule has 0 radical (unpaired) electrons. The number of aryl methyl sites for hydroxylation is 2. The number of aliphatic hydroxyl groups is 1. The number of aliphatic hydroxyl groups excluding tert-OH is 1. The minimum atomic E-state index is -0.546. The Morgan fingerprint density at radius 2 is 1.78 bits per heavy atom. The van der Waals surface area contributed by atoms with Crippen molar-refractivity contribution in [1.82, 2.24) is 0 Å². The van der Waals surface area contributed by atoms with Gasteiger partial charge in [-0.25, -0.2) is 0 Å². The van der Waals surface area contributed by atoms with Crippen molar-refractivity contribution in [2.75, 3.05) is 20.3 Å². The van der Waals surface area contributed by atoms with E-state index in [0.717, 1.165) is 49.2 Å². The van der Waals surface area contributed by atoms with Gasteiger partial charge >= 0.3 is 0 Å². The maximum Gasteiger partial charge on any atom is 0.164 e. The first kappa shape index (κ1) is 21.3. The molecular weight excluding hydrogens is 338 g/mol. The molecule has 0 unspecified atom stereocenters. The molecule has 27 heavy (non-hydrogen) atoms. The fourth-order valence-corrected chi connectivity index (χ4v) is 3.08. The molecule has 4 heteroatoms. The van der Waals surface area contributed by atoms with Gasteiger partial charge in [0.25, 0.3) is 0 Å². The number of benzene rings is 2. The highest BCUT2D eigenvalue weighted by atomic mass is 16.5. The fraction of sp³-hybridized carbons (Fsp3) is 0.478. The van der Waals surface area contributed by atoms with Crippen LogP contribution in [0.15, 0.2) is 48.5 Å². The Kier molecular flexibility index (Phi) is 8.62. The second-order valence-corrected chi connectivity index (χ2v) is 7.11. The molecule has 148 valence electrons. The van der Waals surface area contributed by atoms with Crippen LogP contribution in [0.25, 0.3) is 0 Å². The van der Waals surface area contributed by atoms with Crippen molar-refractivity contribution in [3.05, 3.63) is 59.7 Å². The maximum absolute atomic E-state index is 9.55. The van der Waals surface area contributed by atoms with Gasteiger partial charge in [-0.05, 0) is 55.7 Å². The van der Waals surface area contributed by atoms with E-state index in [1.807, 2.05) is 25.1 Å². The van der Waals surface area contributed by atoms with Gasteiger partial charge in [-0.15, -0.1) is 0 Å². The second kappa shape index (κ2) is 11.0. The molecule has 0 heterocycles. The van der Waals surface area contributed by atoms with Gasteiger partial charge in [0.2, 0.25) is 0 Å². The van der Waals surface area contributed by atoms with Crippen LogP contribution < -0.4 is 15.2 Å². The summed E-state index contributed by atoms with van der Waals surface area (Å²) in [6.45, 7) is 2.65. The molecule has 0 aromatic heterocycles. The van der Waals surface area contributed by atoms with Crippen LogP contribution >= 0.6 is 0 Å². The van der Waals surface area contributed by atoms with Gasteiger partial charge in [0.15, 0.2) is 11.5 Å². The average Bonchev–Trinajstić information content (AvgIpc) is 2.72. The lowest BCUT2D eigenvalue weighted by Gasteiger charge is -2.26. The van der Waals surface area contributed by atoms with Gasteiger partial charge in [0.1, 0.15) is 0 Å². The van der Waals surface area contributed by atoms with Crippen LogP contribution in [0.5, 0.6) is 11.5 Å². The van der Waals surface area contributed by atoms with Gasteiger partial charge < -0.3 is 20.3 Å². The van der Waals surface area contributed by atoms with Crippen molar-refractivity contribution in [2.24, 2.45) is 5.73 Å². The lowest BCUT2D eigenvalue weighted by molar-refractivity contribution is 0.182. The summed E-state index contributed by atoms with van der Waals surface area (Å²) in [7, 11) is 1.66. The molecule has 0 saturated heterocycles. The first-order valence-corrected chi connectivity index (χ1v) is 9.84. The molecule has 4 nitrogen and oxygen atoms in total. The van der Waals surface area contributed by atoms with Gasteiger partial charge in [0.05, 0.1) is 20.3 Å². The van der Waals surface area contributed by atoms with Gasteiger partial charge in [-0.2, -0.15) is 0 Å². The predicted octanol–water partition coefficient (Wildman–Crippen LogP) is 4.13. The van der Waals surface area contributed by atoms with E-state index in [9.17, 15) is 5.11 Å². The number of rotatable bonds is 12. The molecule has 2 rings (SSSR count). The fourth-order valence-electron chi connectivity index (χ4n) is 3.08. The number of nitrogens with two attached hydrogens (primary N) is 1. The smallest absolute Gasteiger partial charge is 0.164 e. The topological polar surface area (TPSA) is 64.7 Å². The third-order valence-electron chi connectivity index (χ3n) is 5.14. The van der Waals surface area contributed by atoms with Crippen molar-refractivity contribution in [3.8, 4) is 11.5 Å². The van der Waals surface area contributed by atoms with E-state index in [0.29, 0.717) is 13.0 Å². The lowest BCUT2D eigenvalue weighted by atomic mass is 9.90. The molecule has 1 atom stereocenters. The number of ether oxygens (including phenoxy) is 2. The van der Waals surface area contributed by atoms with Crippen molar-refractivity contribution in [1.29, 1.82) is 0 Å². The minimum absolute atomic E-state index is 0.0108. The van der Waals surface area contributed by atoms with Crippen molar-refractivity contribution < 1.29 is 14.6 Å². The summed E-state index contributed by atoms with van der Waals surface area (Å²) < 4.78 is 11.6. The van der Waals surface area contributed by atoms with E-state index in [-0.39, 0.29) is 6.61 Å². The van der Waals surface area contributed by atoms with Crippen LogP contribution in [0.3, 0.4) is 0 Å². The lowest BCUT2D eigenvalue weighted by Crippen LogP contribution is -2.43. The zero-order valence-corrected chi connectivity index (χ0v) is 16.6. The zero-order valence-electron chi connectivity index (χ0n) is 16.6. The molecule has 2 aromatic carbocycles. The highest BCUT2D eigenvalue weighted by Gasteiger charge is 2.22. The van der Waals surface area contributed by atoms with Crippen LogP contribution in [-0.2, 0) is 12.8 Å². The molecular formula is C23H33NO3. The van der Waals surface area contributed by atoms with E-state index in [1.165, 1.54) is 5.56 Å². The monoisotopic (exact) mass is 371 g/mol. The van der Waals surface area contributed by atoms with Crippen LogP contribution in [0.1, 0.15) is 43.7 Å². The summed E-state index contributed by atoms with van der Waals surface area (Å²) in [5.41, 5.74) is 8.13. The molecule has 0 aliphatic heterocycles. The average molecular weight is 372 g/mol. The molecule has 0 spiro atoms. The summed E-state index contributed by atoms with van der Waals surface area (Å²) in [4.78, 5) is 0. The van der Waals surface area contributed by atoms with Crippen molar-refractivity contribution >= 4 is 0 Å². The Labute approximate surface area is 163 Å². The van der Waals surface area contributed by atoms with E-state index in [4.69, 9.17) is 15.2 Å². The van der Waals surface area contributed by atoms with E-state index < -0.39 is 5.54 Å². The van der Waals surface area contributed by atoms with Gasteiger partial charge in [-0.1, -0.05) is 49.4 Å². The quantitative estimate of drug-likeness (QED) is 0.551. The Bertz CT molecular complexity index is 669. The Hall–Kier alpha value is -2.04. The van der Waals surface area contributed by atoms with Crippen LogP contribution in [0, 0.1) is 0 Å². The Morgan fingerprint density at radius 1 is 1.00 bits per heavy atom. The van der Waals surface area contributed by atoms with Gasteiger partial charge in [0, 0.05) is 5.54 Å². The highest BCUT2D eigenvalue weighted by molar-refractivity contribution is 5.46. The molecule has 2 aromatic rings. The summed E-state index contributed by atoms with van der Waals surface area (Å²) >= 11 is 0. The normalized spacial score (nSPS) is 13.2. The first-order valence-electron chi connectivity index (χ1n) is 9.84. The summed E-state index contributed by atoms with van der Waals surface area (Å²) in [6.07, 6.45) is 5.33. The zero-order chi connectivity index (χ0) is 19.5. The Balaban J connectivity index is 1.91. The predicted molar refractivity (Wildman–Crippen MR) is 110 cm³/mol. The highest BCUT2D eigenvalue weighted by Crippen LogP contribution is 2.33. The largest absolute Gasteiger partial charge is 0.493 e. The van der Waals surface area contributed by atoms with Crippen LogP contribution in [0.2, 0.25) is 0 Å². The Morgan fingerprint density at radius 3 is 2.44 bits per heavy atom. The maximum atomic E-state index is 9.55. The summed E-state index contributed by atoms with van der Waals surface area (Å²) in [5, 5.41) is 9.55. The molecule has 0 amide bonds. The standard InChI is InChI=1S/C23H33NO3/c1-3-23(24,18-25)16-15-20-13-9-14-21(26-2)22(20)27-17-8-7-12-19-10-5-4-6-11-19/h4-6,9-11,13-14,25H,3,7-8,12,15-18,24H2,1-2H3/t23-/m1/s1. The third kappa shape index (κ3) is 6.56.